The molecule has 1 heterocycles. The highest BCUT2D eigenvalue weighted by Crippen LogP contribution is 2.43. The van der Waals surface area contributed by atoms with Crippen LogP contribution in [0.5, 0.6) is 5.75 Å². The summed E-state index contributed by atoms with van der Waals surface area (Å²) in [6, 6.07) is 5.60. The lowest BCUT2D eigenvalue weighted by Crippen LogP contribution is -2.37. The molecule has 1 aromatic carbocycles. The molecule has 2 bridgehead atoms. The summed E-state index contributed by atoms with van der Waals surface area (Å²) in [5.41, 5.74) is 1.67. The number of amides is 2. The molecule has 25 heavy (non-hydrogen) atoms. The SMILES string of the molecule is CC[C@@H]1Oc2cc([C@@H](C)NC(=O)[C@@H]3C[C@H]4C=C[C@H]3C4)ccc2NC1=O. The maximum absolute atomic E-state index is 12.6. The van der Waals surface area contributed by atoms with Crippen molar-refractivity contribution in [2.75, 3.05) is 5.32 Å². The summed E-state index contributed by atoms with van der Waals surface area (Å²) in [5.74, 6) is 1.81. The van der Waals surface area contributed by atoms with Gasteiger partial charge in [0.15, 0.2) is 6.10 Å². The summed E-state index contributed by atoms with van der Waals surface area (Å²) in [4.78, 5) is 24.5. The molecule has 0 saturated heterocycles. The highest BCUT2D eigenvalue weighted by Gasteiger charge is 2.40. The highest BCUT2D eigenvalue weighted by molar-refractivity contribution is 5.97. The maximum Gasteiger partial charge on any atom is 0.265 e. The van der Waals surface area contributed by atoms with Crippen molar-refractivity contribution < 1.29 is 14.3 Å². The van der Waals surface area contributed by atoms with Crippen LogP contribution in [0.15, 0.2) is 30.4 Å². The van der Waals surface area contributed by atoms with E-state index in [4.69, 9.17) is 4.74 Å². The zero-order valence-corrected chi connectivity index (χ0v) is 14.6. The van der Waals surface area contributed by atoms with E-state index in [1.807, 2.05) is 32.0 Å². The third-order valence-corrected chi connectivity index (χ3v) is 5.67. The molecule has 3 aliphatic rings. The van der Waals surface area contributed by atoms with E-state index in [0.29, 0.717) is 29.7 Å². The number of ether oxygens (including phenoxy) is 1. The third kappa shape index (κ3) is 2.92. The number of anilines is 1. The maximum atomic E-state index is 12.6. The van der Waals surface area contributed by atoms with E-state index >= 15 is 0 Å². The number of hydrogen-bond donors (Lipinski definition) is 2. The standard InChI is InChI=1S/C20H24N2O3/c1-3-17-20(24)22-16-7-6-13(10-18(16)25-17)11(2)21-19(23)15-9-12-4-5-14(15)8-12/h4-7,10-12,14-15,17H,3,8-9H2,1-2H3,(H,21,23)(H,22,24)/t11-,12+,14+,15-,17+/m1/s1. The van der Waals surface area contributed by atoms with Gasteiger partial charge in [0.05, 0.1) is 11.7 Å². The van der Waals surface area contributed by atoms with Gasteiger partial charge in [0.1, 0.15) is 5.75 Å². The van der Waals surface area contributed by atoms with Crippen LogP contribution in [0.2, 0.25) is 0 Å². The summed E-state index contributed by atoms with van der Waals surface area (Å²) in [6.45, 7) is 3.91. The lowest BCUT2D eigenvalue weighted by Gasteiger charge is -2.27. The molecule has 5 heteroatoms. The van der Waals surface area contributed by atoms with E-state index < -0.39 is 6.10 Å². The second kappa shape index (κ2) is 6.21. The molecule has 2 amide bonds. The Bertz CT molecular complexity index is 742. The average Bonchev–Trinajstić information content (AvgIpc) is 3.24. The van der Waals surface area contributed by atoms with Crippen molar-refractivity contribution in [3.63, 3.8) is 0 Å². The molecule has 1 aliphatic heterocycles. The summed E-state index contributed by atoms with van der Waals surface area (Å²) in [6.07, 6.45) is 6.71. The average molecular weight is 340 g/mol. The van der Waals surface area contributed by atoms with Crippen LogP contribution in [0.3, 0.4) is 0 Å². The lowest BCUT2D eigenvalue weighted by atomic mass is 9.92. The predicted molar refractivity (Wildman–Crippen MR) is 95.2 cm³/mol. The topological polar surface area (TPSA) is 67.4 Å². The molecule has 5 nitrogen and oxygen atoms in total. The fraction of sp³-hybridized carbons (Fsp3) is 0.500. The van der Waals surface area contributed by atoms with E-state index in [2.05, 4.69) is 22.8 Å². The largest absolute Gasteiger partial charge is 0.478 e. The van der Waals surface area contributed by atoms with Crippen LogP contribution in [0.1, 0.15) is 44.7 Å². The Morgan fingerprint density at radius 3 is 2.88 bits per heavy atom. The van der Waals surface area contributed by atoms with E-state index in [1.165, 1.54) is 0 Å². The molecular weight excluding hydrogens is 316 g/mol. The van der Waals surface area contributed by atoms with Gasteiger partial charge in [-0.25, -0.2) is 0 Å². The van der Waals surface area contributed by atoms with Gasteiger partial charge < -0.3 is 15.4 Å². The molecular formula is C20H24N2O3. The van der Waals surface area contributed by atoms with E-state index in [0.717, 1.165) is 18.4 Å². The predicted octanol–water partition coefficient (Wildman–Crippen LogP) is 3.19. The van der Waals surface area contributed by atoms with Crippen molar-refractivity contribution in [2.45, 2.75) is 45.3 Å². The quantitative estimate of drug-likeness (QED) is 0.827. The first-order valence-corrected chi connectivity index (χ1v) is 9.15. The second-order valence-electron chi connectivity index (χ2n) is 7.38. The van der Waals surface area contributed by atoms with Gasteiger partial charge in [0.2, 0.25) is 5.91 Å². The number of carbonyl (C=O) groups is 2. The van der Waals surface area contributed by atoms with E-state index in [9.17, 15) is 9.59 Å². The molecule has 0 spiro atoms. The van der Waals surface area contributed by atoms with Gasteiger partial charge in [-0.05, 0) is 55.7 Å². The number of rotatable bonds is 4. The molecule has 2 N–H and O–H groups in total. The van der Waals surface area contributed by atoms with E-state index in [-0.39, 0.29) is 23.8 Å². The molecule has 0 aromatic heterocycles. The second-order valence-corrected chi connectivity index (χ2v) is 7.38. The monoisotopic (exact) mass is 340 g/mol. The van der Waals surface area contributed by atoms with E-state index in [1.54, 1.807) is 0 Å². The van der Waals surface area contributed by atoms with Crippen LogP contribution in [0.25, 0.3) is 0 Å². The number of carbonyl (C=O) groups excluding carboxylic acids is 2. The Morgan fingerprint density at radius 2 is 2.20 bits per heavy atom. The van der Waals surface area contributed by atoms with Crippen LogP contribution < -0.4 is 15.4 Å². The summed E-state index contributed by atoms with van der Waals surface area (Å²) >= 11 is 0. The minimum atomic E-state index is -0.450. The first-order chi connectivity index (χ1) is 12.0. The molecule has 1 fully saturated rings. The highest BCUT2D eigenvalue weighted by atomic mass is 16.5. The minimum Gasteiger partial charge on any atom is -0.478 e. The number of hydrogen-bond acceptors (Lipinski definition) is 3. The zero-order chi connectivity index (χ0) is 17.6. The molecule has 0 unspecified atom stereocenters. The van der Waals surface area contributed by atoms with Gasteiger partial charge in [0, 0.05) is 5.92 Å². The minimum absolute atomic E-state index is 0.0952. The number of fused-ring (bicyclic) bond motifs is 3. The van der Waals surface area contributed by atoms with Gasteiger partial charge in [-0.1, -0.05) is 25.1 Å². The normalized spacial score (nSPS) is 30.4. The zero-order valence-electron chi connectivity index (χ0n) is 14.6. The van der Waals surface area contributed by atoms with Crippen molar-refractivity contribution in [3.05, 3.63) is 35.9 Å². The molecule has 2 aliphatic carbocycles. The first kappa shape index (κ1) is 16.2. The van der Waals surface area contributed by atoms with Crippen molar-refractivity contribution in [3.8, 4) is 5.75 Å². The molecule has 0 radical (unpaired) electrons. The Morgan fingerprint density at radius 1 is 1.36 bits per heavy atom. The van der Waals surface area contributed by atoms with Crippen LogP contribution in [0.4, 0.5) is 5.69 Å². The van der Waals surface area contributed by atoms with Gasteiger partial charge >= 0.3 is 0 Å². The Kier molecular flexibility index (Phi) is 4.02. The Labute approximate surface area is 147 Å². The van der Waals surface area contributed by atoms with Crippen LogP contribution in [0, 0.1) is 17.8 Å². The van der Waals surface area contributed by atoms with Crippen molar-refractivity contribution in [1.82, 2.24) is 5.32 Å². The Hall–Kier alpha value is -2.30. The lowest BCUT2D eigenvalue weighted by molar-refractivity contribution is -0.126. The molecule has 5 atom stereocenters. The summed E-state index contributed by atoms with van der Waals surface area (Å²) < 4.78 is 5.80. The number of benzene rings is 1. The summed E-state index contributed by atoms with van der Waals surface area (Å²) in [5, 5.41) is 6.02. The molecule has 4 rings (SSSR count). The Balaban J connectivity index is 1.46. The molecule has 132 valence electrons. The summed E-state index contributed by atoms with van der Waals surface area (Å²) in [7, 11) is 0. The fourth-order valence-electron chi connectivity index (χ4n) is 4.18. The van der Waals surface area contributed by atoms with Crippen LogP contribution in [-0.2, 0) is 9.59 Å². The smallest absolute Gasteiger partial charge is 0.265 e. The van der Waals surface area contributed by atoms with Gasteiger partial charge in [0.25, 0.3) is 5.91 Å². The van der Waals surface area contributed by atoms with Gasteiger partial charge in [-0.3, -0.25) is 9.59 Å². The fourth-order valence-corrected chi connectivity index (χ4v) is 4.18. The van der Waals surface area contributed by atoms with Gasteiger partial charge in [-0.15, -0.1) is 0 Å². The number of nitrogens with one attached hydrogen (secondary N) is 2. The number of allylic oxidation sites excluding steroid dienone is 2. The third-order valence-electron chi connectivity index (χ3n) is 5.67. The first-order valence-electron chi connectivity index (χ1n) is 9.15. The van der Waals surface area contributed by atoms with Crippen molar-refractivity contribution in [2.24, 2.45) is 17.8 Å². The van der Waals surface area contributed by atoms with Crippen molar-refractivity contribution >= 4 is 17.5 Å². The van der Waals surface area contributed by atoms with Gasteiger partial charge in [-0.2, -0.15) is 0 Å². The van der Waals surface area contributed by atoms with Crippen LogP contribution in [-0.4, -0.2) is 17.9 Å². The molecule has 1 saturated carbocycles. The molecule has 1 aromatic rings. The van der Waals surface area contributed by atoms with Crippen LogP contribution >= 0.6 is 0 Å². The van der Waals surface area contributed by atoms with Crippen molar-refractivity contribution in [1.29, 1.82) is 0 Å².